The number of rotatable bonds is 6. The Kier molecular flexibility index (Phi) is 5.53. The highest BCUT2D eigenvalue weighted by atomic mass is 31.2. The van der Waals surface area contributed by atoms with Crippen molar-refractivity contribution in [1.82, 2.24) is 0 Å². The lowest BCUT2D eigenvalue weighted by Crippen LogP contribution is -2.16. The molecule has 0 bridgehead atoms. The van der Waals surface area contributed by atoms with Crippen molar-refractivity contribution in [3.8, 4) is 0 Å². The van der Waals surface area contributed by atoms with Crippen LogP contribution < -0.4 is 5.30 Å². The van der Waals surface area contributed by atoms with E-state index in [1.807, 2.05) is 32.0 Å². The molecule has 23 heavy (non-hydrogen) atoms. The van der Waals surface area contributed by atoms with E-state index in [0.29, 0.717) is 17.5 Å². The number of carbonyl (C=O) groups is 1. The second-order valence-corrected chi connectivity index (χ2v) is 7.80. The molecule has 2 rings (SSSR count). The van der Waals surface area contributed by atoms with Gasteiger partial charge in [0.05, 0.1) is 6.61 Å². The largest absolute Gasteiger partial charge is 0.380 e. The van der Waals surface area contributed by atoms with Gasteiger partial charge in [0, 0.05) is 25.1 Å². The summed E-state index contributed by atoms with van der Waals surface area (Å²) in [6.07, 6.45) is 0. The smallest absolute Gasteiger partial charge is 0.300 e. The zero-order valence-electron chi connectivity index (χ0n) is 13.8. The maximum Gasteiger partial charge on any atom is 0.300 e. The Balaban J connectivity index is 2.53. The molecule has 2 aromatic carbocycles. The van der Waals surface area contributed by atoms with Crippen molar-refractivity contribution >= 4 is 18.2 Å². The minimum Gasteiger partial charge on any atom is -0.380 e. The Bertz CT molecular complexity index is 730. The van der Waals surface area contributed by atoms with Crippen LogP contribution in [-0.4, -0.2) is 19.7 Å². The van der Waals surface area contributed by atoms with E-state index in [0.717, 1.165) is 16.7 Å². The van der Waals surface area contributed by atoms with Crippen molar-refractivity contribution < 1.29 is 18.6 Å². The second kappa shape index (κ2) is 7.22. The number of carbonyl (C=O) groups excluding carboxylic acids is 1. The van der Waals surface area contributed by atoms with Crippen molar-refractivity contribution in [1.29, 1.82) is 0 Å². The molecule has 0 N–H and O–H groups in total. The summed E-state index contributed by atoms with van der Waals surface area (Å²) in [7, 11) is -0.682. The third kappa shape index (κ3) is 3.45. The lowest BCUT2D eigenvalue weighted by Gasteiger charge is -2.18. The molecule has 1 atom stereocenters. The summed E-state index contributed by atoms with van der Waals surface area (Å²) in [4.78, 5) is 13.0. The summed E-state index contributed by atoms with van der Waals surface area (Å²) in [5.41, 5.74) is 2.51. The number of methoxy groups -OCH3 is 1. The maximum absolute atomic E-state index is 13.2. The highest BCUT2D eigenvalue weighted by Gasteiger charge is 2.36. The van der Waals surface area contributed by atoms with E-state index >= 15 is 0 Å². The molecule has 0 aliphatic carbocycles. The first-order valence-corrected chi connectivity index (χ1v) is 8.92. The average molecular weight is 332 g/mol. The minimum absolute atomic E-state index is 0.410. The van der Waals surface area contributed by atoms with Gasteiger partial charge in [0.2, 0.25) is 0 Å². The molecule has 2 aromatic rings. The second-order valence-electron chi connectivity index (χ2n) is 5.41. The predicted octanol–water partition coefficient (Wildman–Crippen LogP) is 3.84. The molecule has 0 radical (unpaired) electrons. The van der Waals surface area contributed by atoms with Crippen LogP contribution in [0.4, 0.5) is 0 Å². The Morgan fingerprint density at radius 3 is 2.09 bits per heavy atom. The molecule has 0 aliphatic heterocycles. The van der Waals surface area contributed by atoms with Gasteiger partial charge in [-0.1, -0.05) is 30.3 Å². The molecule has 5 heteroatoms. The molecule has 1 unspecified atom stereocenters. The van der Waals surface area contributed by atoms with Gasteiger partial charge in [0.1, 0.15) is 0 Å². The quantitative estimate of drug-likeness (QED) is 0.754. The van der Waals surface area contributed by atoms with Crippen molar-refractivity contribution in [2.24, 2.45) is 0 Å². The normalized spacial score (nSPS) is 13.6. The Morgan fingerprint density at radius 2 is 1.61 bits per heavy atom. The van der Waals surface area contributed by atoms with Crippen LogP contribution in [0.25, 0.3) is 0 Å². The minimum atomic E-state index is -3.62. The molecule has 4 nitrogen and oxygen atoms in total. The summed E-state index contributed by atoms with van der Waals surface area (Å²) < 4.78 is 23.5. The van der Waals surface area contributed by atoms with Gasteiger partial charge in [0.25, 0.3) is 5.52 Å². The van der Waals surface area contributed by atoms with E-state index in [1.165, 1.54) is 7.11 Å². The number of ether oxygens (including phenoxy) is 1. The van der Waals surface area contributed by atoms with Crippen LogP contribution in [0.15, 0.2) is 42.5 Å². The molecular weight excluding hydrogens is 311 g/mol. The number of hydrogen-bond donors (Lipinski definition) is 0. The van der Waals surface area contributed by atoms with E-state index in [9.17, 15) is 9.36 Å². The fourth-order valence-corrected chi connectivity index (χ4v) is 4.54. The Labute approximate surface area is 136 Å². The first kappa shape index (κ1) is 17.6. The van der Waals surface area contributed by atoms with Crippen LogP contribution in [0.2, 0.25) is 0 Å². The van der Waals surface area contributed by atoms with Crippen molar-refractivity contribution in [2.45, 2.75) is 20.5 Å². The summed E-state index contributed by atoms with van der Waals surface area (Å²) in [5, 5.41) is 0.410. The fourth-order valence-electron chi connectivity index (χ4n) is 2.72. The topological polar surface area (TPSA) is 52.6 Å². The van der Waals surface area contributed by atoms with Gasteiger partial charge in [0.15, 0.2) is 0 Å². The van der Waals surface area contributed by atoms with Crippen LogP contribution in [0, 0.1) is 13.8 Å². The lowest BCUT2D eigenvalue weighted by molar-refractivity contribution is 0.105. The van der Waals surface area contributed by atoms with E-state index in [2.05, 4.69) is 0 Å². The molecule has 122 valence electrons. The van der Waals surface area contributed by atoms with Gasteiger partial charge < -0.3 is 9.26 Å². The number of benzene rings is 2. The number of hydrogen-bond acceptors (Lipinski definition) is 4. The monoisotopic (exact) mass is 332 g/mol. The van der Waals surface area contributed by atoms with Crippen molar-refractivity contribution in [3.63, 3.8) is 0 Å². The molecule has 0 spiro atoms. The summed E-state index contributed by atoms with van der Waals surface area (Å²) >= 11 is 0. The van der Waals surface area contributed by atoms with Crippen LogP contribution >= 0.6 is 7.37 Å². The standard InChI is InChI=1S/C18H21O4P/c1-13-10-15(12-21-3)11-14(2)17(13)18(19)23(20,22-4)16-8-6-5-7-9-16/h5-11H,12H2,1-4H3. The summed E-state index contributed by atoms with van der Waals surface area (Å²) in [6.45, 7) is 4.14. The van der Waals surface area contributed by atoms with Gasteiger partial charge in [-0.05, 0) is 42.7 Å². The third-order valence-corrected chi connectivity index (χ3v) is 5.99. The van der Waals surface area contributed by atoms with Crippen LogP contribution in [0.1, 0.15) is 27.0 Å². The third-order valence-electron chi connectivity index (χ3n) is 3.74. The lowest BCUT2D eigenvalue weighted by atomic mass is 10.0. The van der Waals surface area contributed by atoms with Gasteiger partial charge in [-0.15, -0.1) is 0 Å². The molecule has 0 fully saturated rings. The zero-order chi connectivity index (χ0) is 17.0. The van der Waals surface area contributed by atoms with Gasteiger partial charge >= 0.3 is 7.37 Å². The highest BCUT2D eigenvalue weighted by molar-refractivity contribution is 7.83. The van der Waals surface area contributed by atoms with Crippen molar-refractivity contribution in [3.05, 3.63) is 64.7 Å². The molecule has 0 saturated carbocycles. The molecule has 0 aliphatic rings. The fraction of sp³-hybridized carbons (Fsp3) is 0.278. The van der Waals surface area contributed by atoms with E-state index in [-0.39, 0.29) is 0 Å². The zero-order valence-corrected chi connectivity index (χ0v) is 14.7. The molecule has 0 heterocycles. The molecule has 0 aromatic heterocycles. The van der Waals surface area contributed by atoms with E-state index in [1.54, 1.807) is 31.4 Å². The van der Waals surface area contributed by atoms with E-state index in [4.69, 9.17) is 9.26 Å². The van der Waals surface area contributed by atoms with Crippen molar-refractivity contribution in [2.75, 3.05) is 14.2 Å². The Hall–Kier alpha value is -1.74. The molecule has 0 amide bonds. The highest BCUT2D eigenvalue weighted by Crippen LogP contribution is 2.49. The van der Waals surface area contributed by atoms with Crippen LogP contribution in [0.3, 0.4) is 0 Å². The van der Waals surface area contributed by atoms with E-state index < -0.39 is 12.9 Å². The SMILES string of the molecule is COCc1cc(C)c(C(=O)P(=O)(OC)c2ccccc2)c(C)c1. The van der Waals surface area contributed by atoms with Gasteiger partial charge in [-0.2, -0.15) is 0 Å². The maximum atomic E-state index is 13.2. The first-order valence-electron chi connectivity index (χ1n) is 7.29. The first-order chi connectivity index (χ1) is 10.9. The summed E-state index contributed by atoms with van der Waals surface area (Å²) in [6, 6.07) is 12.4. The van der Waals surface area contributed by atoms with Gasteiger partial charge in [-0.3, -0.25) is 9.36 Å². The molecular formula is C18H21O4P. The Morgan fingerprint density at radius 1 is 1.04 bits per heavy atom. The average Bonchev–Trinajstić information content (AvgIpc) is 2.54. The molecule has 0 saturated heterocycles. The summed E-state index contributed by atoms with van der Waals surface area (Å²) in [5.74, 6) is 0. The number of aryl methyl sites for hydroxylation is 2. The van der Waals surface area contributed by atoms with Gasteiger partial charge in [-0.25, -0.2) is 0 Å². The van der Waals surface area contributed by atoms with Crippen LogP contribution in [-0.2, 0) is 20.4 Å². The predicted molar refractivity (Wildman–Crippen MR) is 91.7 cm³/mol. The van der Waals surface area contributed by atoms with Crippen LogP contribution in [0.5, 0.6) is 0 Å².